The molecule has 1 fully saturated rings. The van der Waals surface area contributed by atoms with E-state index < -0.39 is 6.04 Å². The highest BCUT2D eigenvalue weighted by atomic mass is 35.5. The number of hydrogen-bond donors (Lipinski definition) is 1. The van der Waals surface area contributed by atoms with Crippen LogP contribution in [0.2, 0.25) is 10.0 Å². The van der Waals surface area contributed by atoms with E-state index in [1.165, 1.54) is 9.80 Å². The second-order valence-corrected chi connectivity index (χ2v) is 9.52. The van der Waals surface area contributed by atoms with Crippen LogP contribution in [0.1, 0.15) is 24.0 Å². The van der Waals surface area contributed by atoms with Gasteiger partial charge in [-0.15, -0.1) is 0 Å². The van der Waals surface area contributed by atoms with Gasteiger partial charge in [-0.25, -0.2) is 9.59 Å². The molecule has 0 saturated carbocycles. The smallest absolute Gasteiger partial charge is 0.329 e. The molecule has 1 N–H and O–H groups in total. The molecular weight excluding hydrogens is 513 g/mol. The third kappa shape index (κ3) is 6.37. The summed E-state index contributed by atoms with van der Waals surface area (Å²) in [6.45, 7) is 10.8. The van der Waals surface area contributed by atoms with Crippen molar-refractivity contribution in [2.45, 2.75) is 18.9 Å². The summed E-state index contributed by atoms with van der Waals surface area (Å²) in [4.78, 5) is 30.8. The van der Waals surface area contributed by atoms with E-state index in [1.54, 1.807) is 49.3 Å². The van der Waals surface area contributed by atoms with E-state index in [2.05, 4.69) is 24.5 Å². The maximum absolute atomic E-state index is 13.4. The summed E-state index contributed by atoms with van der Waals surface area (Å²) in [5, 5.41) is 12.8. The van der Waals surface area contributed by atoms with Gasteiger partial charge in [-0.2, -0.15) is 5.26 Å². The van der Waals surface area contributed by atoms with Crippen molar-refractivity contribution in [1.29, 1.82) is 5.26 Å². The third-order valence-electron chi connectivity index (χ3n) is 6.10. The van der Waals surface area contributed by atoms with Crippen molar-refractivity contribution in [3.05, 3.63) is 88.3 Å². The van der Waals surface area contributed by atoms with Gasteiger partial charge >= 0.3 is 12.1 Å². The van der Waals surface area contributed by atoms with Crippen LogP contribution in [0.5, 0.6) is 0 Å². The fourth-order valence-corrected chi connectivity index (χ4v) is 4.85. The van der Waals surface area contributed by atoms with Crippen LogP contribution < -0.4 is 10.2 Å². The number of ether oxygens (including phenoxy) is 1. The van der Waals surface area contributed by atoms with Gasteiger partial charge in [0.1, 0.15) is 5.76 Å². The number of rotatable bonds is 9. The van der Waals surface area contributed by atoms with Gasteiger partial charge in [-0.1, -0.05) is 48.5 Å². The molecule has 1 saturated heterocycles. The van der Waals surface area contributed by atoms with E-state index in [1.807, 2.05) is 19.1 Å². The molecule has 2 aromatic rings. The van der Waals surface area contributed by atoms with Crippen LogP contribution >= 0.6 is 23.2 Å². The predicted octanol–water partition coefficient (Wildman–Crippen LogP) is 5.59. The summed E-state index contributed by atoms with van der Waals surface area (Å²) in [6.07, 6.45) is 0. The number of halogens is 2. The molecule has 37 heavy (non-hydrogen) atoms. The zero-order valence-electron chi connectivity index (χ0n) is 21.0. The Morgan fingerprint density at radius 2 is 1.86 bits per heavy atom. The lowest BCUT2D eigenvalue weighted by Crippen LogP contribution is -2.44. The number of anilines is 1. The van der Waals surface area contributed by atoms with Crippen molar-refractivity contribution in [2.24, 2.45) is 0 Å². The Hall–Kier alpha value is -3.67. The minimum Gasteiger partial charge on any atom is -0.497 e. The molecule has 4 amide bonds. The second-order valence-electron chi connectivity index (χ2n) is 8.64. The Kier molecular flexibility index (Phi) is 9.09. The third-order valence-corrected chi connectivity index (χ3v) is 6.53. The topological polar surface area (TPSA) is 88.9 Å². The average Bonchev–Trinajstić information content (AvgIpc) is 3.08. The molecule has 2 unspecified atom stereocenters. The number of carbonyl (C=O) groups excluding carboxylic acids is 2. The highest BCUT2D eigenvalue weighted by molar-refractivity contribution is 6.35. The first-order valence-electron chi connectivity index (χ1n) is 11.6. The van der Waals surface area contributed by atoms with E-state index in [9.17, 15) is 14.9 Å². The van der Waals surface area contributed by atoms with Crippen molar-refractivity contribution in [3.8, 4) is 6.07 Å². The van der Waals surface area contributed by atoms with Crippen LogP contribution in [0.4, 0.5) is 15.3 Å². The van der Waals surface area contributed by atoms with Gasteiger partial charge in [0.15, 0.2) is 0 Å². The standard InChI is InChI=1S/C27H29Cl2N5O3/c1-6-37-17(2)15-31-26(35)32(4)16-24(20-9-7-19(14-30)8-10-20)25-18(3)34(27(36)33(25)5)23-12-21(28)11-22(29)13-23/h7-13,24-25H,2-3,6,15-16H2,1,4-5H3,(H,31,35). The van der Waals surface area contributed by atoms with Gasteiger partial charge in [0.2, 0.25) is 0 Å². The number of nitriles is 1. The van der Waals surface area contributed by atoms with E-state index in [4.69, 9.17) is 27.9 Å². The first kappa shape index (κ1) is 27.9. The van der Waals surface area contributed by atoms with Crippen molar-refractivity contribution >= 4 is 41.0 Å². The van der Waals surface area contributed by atoms with Crippen molar-refractivity contribution in [3.63, 3.8) is 0 Å². The van der Waals surface area contributed by atoms with Crippen molar-refractivity contribution in [2.75, 3.05) is 38.7 Å². The minimum absolute atomic E-state index is 0.177. The van der Waals surface area contributed by atoms with E-state index >= 15 is 0 Å². The Morgan fingerprint density at radius 1 is 1.24 bits per heavy atom. The molecule has 2 aromatic carbocycles. The van der Waals surface area contributed by atoms with Crippen LogP contribution in [0.15, 0.2) is 67.1 Å². The Bertz CT molecular complexity index is 1220. The highest BCUT2D eigenvalue weighted by Crippen LogP contribution is 2.39. The fourth-order valence-electron chi connectivity index (χ4n) is 4.34. The zero-order chi connectivity index (χ0) is 27.3. The first-order chi connectivity index (χ1) is 17.6. The van der Waals surface area contributed by atoms with Crippen molar-refractivity contribution in [1.82, 2.24) is 15.1 Å². The summed E-state index contributed by atoms with van der Waals surface area (Å²) >= 11 is 12.4. The Morgan fingerprint density at radius 3 is 2.43 bits per heavy atom. The molecule has 0 aliphatic carbocycles. The normalized spacial score (nSPS) is 15.8. The maximum atomic E-state index is 13.4. The number of nitrogens with one attached hydrogen (secondary N) is 1. The molecule has 1 aliphatic heterocycles. The van der Waals surface area contributed by atoms with Crippen LogP contribution in [0.3, 0.4) is 0 Å². The molecular formula is C27H29Cl2N5O3. The number of benzene rings is 2. The number of urea groups is 2. The highest BCUT2D eigenvalue weighted by Gasteiger charge is 2.44. The second kappa shape index (κ2) is 12.0. The maximum Gasteiger partial charge on any atom is 0.329 e. The molecule has 8 nitrogen and oxygen atoms in total. The zero-order valence-corrected chi connectivity index (χ0v) is 22.5. The quantitative estimate of drug-likeness (QED) is 0.418. The Balaban J connectivity index is 1.93. The average molecular weight is 542 g/mol. The van der Waals surface area contributed by atoms with Crippen LogP contribution in [-0.2, 0) is 4.74 Å². The van der Waals surface area contributed by atoms with Gasteiger partial charge in [-0.3, -0.25) is 4.90 Å². The molecule has 1 aliphatic rings. The molecule has 0 spiro atoms. The predicted molar refractivity (Wildman–Crippen MR) is 146 cm³/mol. The van der Waals surface area contributed by atoms with Gasteiger partial charge in [0, 0.05) is 42.3 Å². The lowest BCUT2D eigenvalue weighted by Gasteiger charge is -2.32. The summed E-state index contributed by atoms with van der Waals surface area (Å²) in [6, 6.07) is 13.0. The number of likely N-dealkylation sites (N-methyl/N-ethyl adjacent to an activating group) is 2. The molecule has 3 rings (SSSR count). The van der Waals surface area contributed by atoms with Crippen LogP contribution in [0.25, 0.3) is 0 Å². The lowest BCUT2D eigenvalue weighted by atomic mass is 9.88. The summed E-state index contributed by atoms with van der Waals surface area (Å²) in [5.74, 6) is 0.0953. The lowest BCUT2D eigenvalue weighted by molar-refractivity contribution is 0.188. The van der Waals surface area contributed by atoms with E-state index in [0.717, 1.165) is 5.56 Å². The molecule has 2 atom stereocenters. The summed E-state index contributed by atoms with van der Waals surface area (Å²) in [5.41, 5.74) is 2.36. The molecule has 10 heteroatoms. The molecule has 0 radical (unpaired) electrons. The number of carbonyl (C=O) groups is 2. The number of nitrogens with zero attached hydrogens (tertiary/aromatic N) is 4. The summed E-state index contributed by atoms with van der Waals surface area (Å²) in [7, 11) is 3.36. The van der Waals surface area contributed by atoms with Gasteiger partial charge in [0.05, 0.1) is 36.5 Å². The van der Waals surface area contributed by atoms with Gasteiger partial charge < -0.3 is 19.9 Å². The summed E-state index contributed by atoms with van der Waals surface area (Å²) < 4.78 is 5.30. The fraction of sp³-hybridized carbons (Fsp3) is 0.296. The molecule has 1 heterocycles. The first-order valence-corrected chi connectivity index (χ1v) is 12.3. The monoisotopic (exact) mass is 541 g/mol. The van der Waals surface area contributed by atoms with Crippen LogP contribution in [-0.4, -0.2) is 61.7 Å². The number of amides is 4. The van der Waals surface area contributed by atoms with Crippen LogP contribution in [0, 0.1) is 11.3 Å². The largest absolute Gasteiger partial charge is 0.497 e. The molecule has 0 bridgehead atoms. The molecule has 0 aromatic heterocycles. The Labute approximate surface area is 227 Å². The molecule has 194 valence electrons. The van der Waals surface area contributed by atoms with Gasteiger partial charge in [-0.05, 0) is 42.8 Å². The SMILES string of the molecule is C=C(CNC(=O)N(C)CC(c1ccc(C#N)cc1)C1C(=C)N(c2cc(Cl)cc(Cl)c2)C(=O)N1C)OCC. The van der Waals surface area contributed by atoms with Gasteiger partial charge in [0.25, 0.3) is 0 Å². The minimum atomic E-state index is -0.494. The van der Waals surface area contributed by atoms with E-state index in [0.29, 0.717) is 39.4 Å². The van der Waals surface area contributed by atoms with Crippen molar-refractivity contribution < 1.29 is 14.3 Å². The van der Waals surface area contributed by atoms with E-state index in [-0.39, 0.29) is 31.1 Å². The number of hydrogen-bond acceptors (Lipinski definition) is 4.